The summed E-state index contributed by atoms with van der Waals surface area (Å²) in [7, 11) is 0. The summed E-state index contributed by atoms with van der Waals surface area (Å²) in [5.74, 6) is -1.02. The second-order valence-electron chi connectivity index (χ2n) is 5.47. The van der Waals surface area contributed by atoms with E-state index in [1.54, 1.807) is 16.5 Å². The number of aliphatic hydroxyl groups is 2. The number of hydrogen-bond donors (Lipinski definition) is 4. The van der Waals surface area contributed by atoms with Crippen molar-refractivity contribution in [3.05, 3.63) is 52.0 Å². The number of amides is 1. The lowest BCUT2D eigenvalue weighted by molar-refractivity contribution is -0.0296. The molecule has 0 aliphatic heterocycles. The first-order chi connectivity index (χ1) is 13.0. The molecule has 0 aliphatic rings. The Morgan fingerprint density at radius 3 is 2.96 bits per heavy atom. The molecule has 0 aliphatic carbocycles. The number of aromatic nitrogens is 3. The van der Waals surface area contributed by atoms with Gasteiger partial charge in [-0.25, -0.2) is 19.8 Å². The summed E-state index contributed by atoms with van der Waals surface area (Å²) in [6.45, 7) is -0.807. The Morgan fingerprint density at radius 2 is 2.22 bits per heavy atom. The van der Waals surface area contributed by atoms with Gasteiger partial charge in [-0.15, -0.1) is 0 Å². The summed E-state index contributed by atoms with van der Waals surface area (Å²) < 4.78 is 16.5. The molecule has 4 N–H and O–H groups in total. The monoisotopic (exact) mass is 487 g/mol. The number of halogens is 2. The Morgan fingerprint density at radius 1 is 1.41 bits per heavy atom. The highest BCUT2D eigenvalue weighted by atomic mass is 127. The van der Waals surface area contributed by atoms with Gasteiger partial charge in [0.25, 0.3) is 5.91 Å². The van der Waals surface area contributed by atoms with Gasteiger partial charge in [-0.2, -0.15) is 0 Å². The lowest BCUT2D eigenvalue weighted by Gasteiger charge is -2.14. The highest BCUT2D eigenvalue weighted by Crippen LogP contribution is 2.24. The van der Waals surface area contributed by atoms with E-state index in [1.165, 1.54) is 24.8 Å². The van der Waals surface area contributed by atoms with Gasteiger partial charge in [-0.3, -0.25) is 14.0 Å². The Kier molecular flexibility index (Phi) is 6.15. The van der Waals surface area contributed by atoms with Crippen LogP contribution < -0.4 is 10.8 Å². The van der Waals surface area contributed by atoms with Crippen LogP contribution in [-0.4, -0.2) is 49.8 Å². The normalized spacial score (nSPS) is 12.1. The van der Waals surface area contributed by atoms with Gasteiger partial charge in [0, 0.05) is 3.57 Å². The van der Waals surface area contributed by atoms with Gasteiger partial charge in [0.15, 0.2) is 5.69 Å². The van der Waals surface area contributed by atoms with Gasteiger partial charge >= 0.3 is 0 Å². The number of fused-ring (bicyclic) bond motifs is 1. The van der Waals surface area contributed by atoms with Crippen LogP contribution in [0, 0.1) is 9.39 Å². The maximum atomic E-state index is 14.2. The van der Waals surface area contributed by atoms with Crippen LogP contribution in [0.1, 0.15) is 10.5 Å². The minimum absolute atomic E-state index is 0.0723. The molecule has 1 atom stereocenters. The first-order valence-electron chi connectivity index (χ1n) is 7.73. The van der Waals surface area contributed by atoms with Crippen molar-refractivity contribution >= 4 is 45.5 Å². The SMILES string of the molecule is O=C(NOCC(O)CO)c1ncc2cncn2c1Nc1ccc(I)cc1F. The Bertz CT molecular complexity index is 967. The largest absolute Gasteiger partial charge is 0.394 e. The molecule has 0 spiro atoms. The number of carbonyl (C=O) groups excluding carboxylic acids is 1. The number of hydroxylamine groups is 1. The van der Waals surface area contributed by atoms with Gasteiger partial charge in [-0.05, 0) is 40.8 Å². The lowest BCUT2D eigenvalue weighted by Crippen LogP contribution is -2.31. The maximum Gasteiger partial charge on any atom is 0.297 e. The molecule has 142 valence electrons. The Hall–Kier alpha value is -2.35. The zero-order valence-electron chi connectivity index (χ0n) is 13.8. The molecule has 0 bridgehead atoms. The summed E-state index contributed by atoms with van der Waals surface area (Å²) in [6, 6.07) is 4.61. The topological polar surface area (TPSA) is 121 Å². The van der Waals surface area contributed by atoms with Crippen LogP contribution >= 0.6 is 22.6 Å². The number of nitrogens with zero attached hydrogens (tertiary/aromatic N) is 3. The molecular formula is C16H15FIN5O4. The molecule has 1 unspecified atom stereocenters. The molecule has 0 fully saturated rings. The van der Waals surface area contributed by atoms with E-state index in [9.17, 15) is 14.3 Å². The number of hydrogen-bond acceptors (Lipinski definition) is 7. The van der Waals surface area contributed by atoms with E-state index in [1.807, 2.05) is 22.6 Å². The van der Waals surface area contributed by atoms with Crippen molar-refractivity contribution in [2.24, 2.45) is 0 Å². The zero-order chi connectivity index (χ0) is 19.4. The molecule has 9 nitrogen and oxygen atoms in total. The molecule has 1 aromatic carbocycles. The predicted molar refractivity (Wildman–Crippen MR) is 102 cm³/mol. The number of nitrogens with one attached hydrogen (secondary N) is 2. The van der Waals surface area contributed by atoms with Gasteiger partial charge < -0.3 is 15.5 Å². The van der Waals surface area contributed by atoms with E-state index < -0.39 is 24.4 Å². The van der Waals surface area contributed by atoms with Crippen LogP contribution in [0.4, 0.5) is 15.9 Å². The van der Waals surface area contributed by atoms with Crippen LogP contribution in [0.3, 0.4) is 0 Å². The van der Waals surface area contributed by atoms with E-state index >= 15 is 0 Å². The minimum Gasteiger partial charge on any atom is -0.394 e. The summed E-state index contributed by atoms with van der Waals surface area (Å²) in [5, 5.41) is 20.9. The van der Waals surface area contributed by atoms with Crippen molar-refractivity contribution in [2.45, 2.75) is 6.10 Å². The molecule has 2 heterocycles. The van der Waals surface area contributed by atoms with Crippen molar-refractivity contribution < 1.29 is 24.2 Å². The van der Waals surface area contributed by atoms with E-state index in [0.717, 1.165) is 3.57 Å². The van der Waals surface area contributed by atoms with Crippen molar-refractivity contribution in [2.75, 3.05) is 18.5 Å². The second-order valence-corrected chi connectivity index (χ2v) is 6.72. The fourth-order valence-electron chi connectivity index (χ4n) is 2.20. The number of anilines is 2. The first kappa shape index (κ1) is 19.4. The zero-order valence-corrected chi connectivity index (χ0v) is 15.9. The van der Waals surface area contributed by atoms with Crippen molar-refractivity contribution in [1.82, 2.24) is 19.8 Å². The van der Waals surface area contributed by atoms with Crippen LogP contribution in [0.15, 0.2) is 36.9 Å². The molecular weight excluding hydrogens is 472 g/mol. The third-order valence-corrected chi connectivity index (χ3v) is 4.18. The van der Waals surface area contributed by atoms with Crippen molar-refractivity contribution in [1.29, 1.82) is 0 Å². The van der Waals surface area contributed by atoms with E-state index in [-0.39, 0.29) is 23.8 Å². The molecule has 0 radical (unpaired) electrons. The molecule has 3 rings (SSSR count). The van der Waals surface area contributed by atoms with Crippen LogP contribution in [0.2, 0.25) is 0 Å². The smallest absolute Gasteiger partial charge is 0.297 e. The van der Waals surface area contributed by atoms with E-state index in [4.69, 9.17) is 9.94 Å². The fourth-order valence-corrected chi connectivity index (χ4v) is 2.66. The highest BCUT2D eigenvalue weighted by Gasteiger charge is 2.19. The summed E-state index contributed by atoms with van der Waals surface area (Å²) in [4.78, 5) is 25.4. The molecule has 0 saturated heterocycles. The van der Waals surface area contributed by atoms with E-state index in [0.29, 0.717) is 5.52 Å². The molecule has 0 saturated carbocycles. The second kappa shape index (κ2) is 8.56. The van der Waals surface area contributed by atoms with Gasteiger partial charge in [0.2, 0.25) is 0 Å². The summed E-state index contributed by atoms with van der Waals surface area (Å²) in [6.07, 6.45) is 3.29. The fraction of sp³-hybridized carbons (Fsp3) is 0.188. The Labute approximate surface area is 166 Å². The summed E-state index contributed by atoms with van der Waals surface area (Å²) in [5.41, 5.74) is 2.81. The standard InChI is InChI=1S/C16H15FIN5O4/c17-12-3-9(18)1-2-13(12)21-15-14(16(26)22-27-7-11(25)6-24)20-5-10-4-19-8-23(10)15/h1-5,8,11,21,24-25H,6-7H2,(H,22,26). The molecule has 27 heavy (non-hydrogen) atoms. The predicted octanol–water partition coefficient (Wildman–Crippen LogP) is 1.23. The molecule has 2 aromatic heterocycles. The maximum absolute atomic E-state index is 14.2. The van der Waals surface area contributed by atoms with Crippen LogP contribution in [0.25, 0.3) is 5.52 Å². The first-order valence-corrected chi connectivity index (χ1v) is 8.81. The van der Waals surface area contributed by atoms with Gasteiger partial charge in [0.05, 0.1) is 30.2 Å². The minimum atomic E-state index is -1.13. The molecule has 3 aromatic rings. The number of carbonyl (C=O) groups is 1. The summed E-state index contributed by atoms with van der Waals surface area (Å²) >= 11 is 1.99. The Balaban J connectivity index is 1.91. The van der Waals surface area contributed by atoms with E-state index in [2.05, 4.69) is 20.8 Å². The average molecular weight is 487 g/mol. The third-order valence-electron chi connectivity index (χ3n) is 3.51. The van der Waals surface area contributed by atoms with Gasteiger partial charge in [-0.1, -0.05) is 0 Å². The van der Waals surface area contributed by atoms with Crippen LogP contribution in [-0.2, 0) is 4.84 Å². The highest BCUT2D eigenvalue weighted by molar-refractivity contribution is 14.1. The number of benzene rings is 1. The lowest BCUT2D eigenvalue weighted by atomic mass is 10.3. The van der Waals surface area contributed by atoms with Crippen LogP contribution in [0.5, 0.6) is 0 Å². The number of imidazole rings is 1. The third kappa shape index (κ3) is 4.50. The average Bonchev–Trinajstić information content (AvgIpc) is 3.12. The molecule has 11 heteroatoms. The quantitative estimate of drug-likeness (QED) is 0.292. The van der Waals surface area contributed by atoms with Gasteiger partial charge in [0.1, 0.15) is 30.7 Å². The number of rotatable bonds is 7. The van der Waals surface area contributed by atoms with Crippen molar-refractivity contribution in [3.63, 3.8) is 0 Å². The number of aliphatic hydroxyl groups excluding tert-OH is 2. The van der Waals surface area contributed by atoms with Crippen molar-refractivity contribution in [3.8, 4) is 0 Å². The molecule has 1 amide bonds.